The molecule has 25 heavy (non-hydrogen) atoms. The summed E-state index contributed by atoms with van der Waals surface area (Å²) in [6.45, 7) is 1.95. The van der Waals surface area contributed by atoms with Crippen molar-refractivity contribution in [2.75, 3.05) is 38.2 Å². The molecule has 3 rings (SSSR count). The van der Waals surface area contributed by atoms with Crippen LogP contribution >= 0.6 is 0 Å². The van der Waals surface area contributed by atoms with E-state index in [-0.39, 0.29) is 23.5 Å². The summed E-state index contributed by atoms with van der Waals surface area (Å²) in [5.41, 5.74) is 1.37. The molecule has 1 atom stereocenters. The Morgan fingerprint density at radius 2 is 1.84 bits per heavy atom. The lowest BCUT2D eigenvalue weighted by atomic mass is 9.90. The van der Waals surface area contributed by atoms with Crippen molar-refractivity contribution in [3.8, 4) is 0 Å². The zero-order valence-electron chi connectivity index (χ0n) is 14.9. The lowest BCUT2D eigenvalue weighted by Crippen LogP contribution is -2.46. The van der Waals surface area contributed by atoms with Crippen molar-refractivity contribution in [3.05, 3.63) is 35.9 Å². The third-order valence-electron chi connectivity index (χ3n) is 5.55. The standard InChI is InChI=1S/C19H28N2O3S/c1-20(18-9-12-25(23,24)15-18)14-19(22)21-10-7-17(8-11-21)13-16-5-3-2-4-6-16/h2-6,17-18H,7-15H2,1H3. The summed E-state index contributed by atoms with van der Waals surface area (Å²) in [5, 5.41) is 0. The van der Waals surface area contributed by atoms with Gasteiger partial charge in [0.05, 0.1) is 18.1 Å². The number of carbonyl (C=O) groups is 1. The Morgan fingerprint density at radius 3 is 2.44 bits per heavy atom. The zero-order valence-corrected chi connectivity index (χ0v) is 15.7. The number of benzene rings is 1. The molecule has 0 bridgehead atoms. The molecule has 5 nitrogen and oxygen atoms in total. The molecule has 0 radical (unpaired) electrons. The number of hydrogen-bond acceptors (Lipinski definition) is 4. The van der Waals surface area contributed by atoms with E-state index in [1.165, 1.54) is 5.56 Å². The fourth-order valence-corrected chi connectivity index (χ4v) is 5.70. The van der Waals surface area contributed by atoms with Crippen molar-refractivity contribution >= 4 is 15.7 Å². The molecule has 1 aromatic carbocycles. The SMILES string of the molecule is CN(CC(=O)N1CCC(Cc2ccccc2)CC1)C1CCS(=O)(=O)C1. The van der Waals surface area contributed by atoms with Crippen LogP contribution < -0.4 is 0 Å². The highest BCUT2D eigenvalue weighted by Gasteiger charge is 2.32. The van der Waals surface area contributed by atoms with Crippen LogP contribution in [0.25, 0.3) is 0 Å². The number of amides is 1. The van der Waals surface area contributed by atoms with Gasteiger partial charge in [-0.2, -0.15) is 0 Å². The number of rotatable bonds is 5. The third kappa shape index (κ3) is 5.05. The largest absolute Gasteiger partial charge is 0.342 e. The molecule has 138 valence electrons. The van der Waals surface area contributed by atoms with Crippen LogP contribution in [0.4, 0.5) is 0 Å². The second kappa shape index (κ2) is 7.87. The number of sulfone groups is 1. The summed E-state index contributed by atoms with van der Waals surface area (Å²) < 4.78 is 23.2. The van der Waals surface area contributed by atoms with Gasteiger partial charge in [0.25, 0.3) is 0 Å². The van der Waals surface area contributed by atoms with Gasteiger partial charge in [-0.15, -0.1) is 0 Å². The topological polar surface area (TPSA) is 57.7 Å². The fraction of sp³-hybridized carbons (Fsp3) is 0.632. The maximum Gasteiger partial charge on any atom is 0.236 e. The van der Waals surface area contributed by atoms with E-state index >= 15 is 0 Å². The van der Waals surface area contributed by atoms with E-state index in [0.717, 1.165) is 32.4 Å². The van der Waals surface area contributed by atoms with Crippen molar-refractivity contribution in [2.24, 2.45) is 5.92 Å². The highest BCUT2D eigenvalue weighted by molar-refractivity contribution is 7.91. The number of likely N-dealkylation sites (N-methyl/N-ethyl adjacent to an activating group) is 1. The van der Waals surface area contributed by atoms with Crippen LogP contribution in [0.2, 0.25) is 0 Å². The first-order valence-electron chi connectivity index (χ1n) is 9.15. The van der Waals surface area contributed by atoms with E-state index in [9.17, 15) is 13.2 Å². The Kier molecular flexibility index (Phi) is 5.79. The second-order valence-electron chi connectivity index (χ2n) is 7.49. The lowest BCUT2D eigenvalue weighted by Gasteiger charge is -2.34. The molecule has 1 amide bonds. The molecular formula is C19H28N2O3S. The average molecular weight is 365 g/mol. The van der Waals surface area contributed by atoms with E-state index in [1.807, 2.05) is 22.9 Å². The molecule has 2 fully saturated rings. The summed E-state index contributed by atoms with van der Waals surface area (Å²) in [6.07, 6.45) is 3.82. The van der Waals surface area contributed by atoms with Gasteiger partial charge in [0.2, 0.25) is 5.91 Å². The van der Waals surface area contributed by atoms with Crippen molar-refractivity contribution < 1.29 is 13.2 Å². The van der Waals surface area contributed by atoms with Gasteiger partial charge in [0.1, 0.15) is 0 Å². The van der Waals surface area contributed by atoms with Crippen LogP contribution in [-0.2, 0) is 21.1 Å². The molecule has 0 saturated carbocycles. The van der Waals surface area contributed by atoms with E-state index in [2.05, 4.69) is 24.3 Å². The van der Waals surface area contributed by atoms with Gasteiger partial charge in [-0.3, -0.25) is 9.69 Å². The number of carbonyl (C=O) groups excluding carboxylic acids is 1. The van der Waals surface area contributed by atoms with Gasteiger partial charge in [-0.1, -0.05) is 30.3 Å². The van der Waals surface area contributed by atoms with Crippen LogP contribution in [-0.4, -0.2) is 68.4 Å². The van der Waals surface area contributed by atoms with Gasteiger partial charge in [-0.25, -0.2) is 8.42 Å². The monoisotopic (exact) mass is 364 g/mol. The molecule has 2 aliphatic heterocycles. The van der Waals surface area contributed by atoms with Crippen molar-refractivity contribution in [3.63, 3.8) is 0 Å². The number of hydrogen-bond donors (Lipinski definition) is 0. The van der Waals surface area contributed by atoms with E-state index < -0.39 is 9.84 Å². The molecule has 0 spiro atoms. The Hall–Kier alpha value is -1.40. The van der Waals surface area contributed by atoms with Gasteiger partial charge < -0.3 is 4.90 Å². The van der Waals surface area contributed by atoms with E-state index in [4.69, 9.17) is 0 Å². The highest BCUT2D eigenvalue weighted by atomic mass is 32.2. The molecule has 0 aromatic heterocycles. The Balaban J connectivity index is 1.44. The quantitative estimate of drug-likeness (QED) is 0.796. The maximum absolute atomic E-state index is 12.5. The molecule has 2 heterocycles. The molecule has 0 aliphatic carbocycles. The van der Waals surface area contributed by atoms with Crippen molar-refractivity contribution in [1.29, 1.82) is 0 Å². The minimum absolute atomic E-state index is 0.00966. The number of nitrogens with zero attached hydrogens (tertiary/aromatic N) is 2. The molecule has 2 aliphatic rings. The first kappa shape index (κ1) is 18.4. The van der Waals surface area contributed by atoms with Crippen LogP contribution in [0.15, 0.2) is 30.3 Å². The summed E-state index contributed by atoms with van der Waals surface area (Å²) in [5.74, 6) is 1.21. The van der Waals surface area contributed by atoms with Crippen LogP contribution in [0.3, 0.4) is 0 Å². The molecule has 1 aromatic rings. The van der Waals surface area contributed by atoms with E-state index in [0.29, 0.717) is 18.9 Å². The first-order chi connectivity index (χ1) is 11.9. The third-order valence-corrected chi connectivity index (χ3v) is 7.30. The van der Waals surface area contributed by atoms with Crippen LogP contribution in [0, 0.1) is 5.92 Å². The molecule has 1 unspecified atom stereocenters. The normalized spacial score (nSPS) is 23.9. The molecule has 2 saturated heterocycles. The van der Waals surface area contributed by atoms with E-state index in [1.54, 1.807) is 0 Å². The molecule has 6 heteroatoms. The Labute approximate surface area is 150 Å². The second-order valence-corrected chi connectivity index (χ2v) is 9.71. The Bertz CT molecular complexity index is 682. The minimum Gasteiger partial charge on any atom is -0.342 e. The Morgan fingerprint density at radius 1 is 1.16 bits per heavy atom. The predicted octanol–water partition coefficient (Wildman–Crippen LogP) is 1.59. The summed E-state index contributed by atoms with van der Waals surface area (Å²) in [4.78, 5) is 16.4. The summed E-state index contributed by atoms with van der Waals surface area (Å²) in [6, 6.07) is 10.5. The zero-order chi connectivity index (χ0) is 17.9. The smallest absolute Gasteiger partial charge is 0.236 e. The maximum atomic E-state index is 12.5. The van der Waals surface area contributed by atoms with Crippen LogP contribution in [0.1, 0.15) is 24.8 Å². The lowest BCUT2D eigenvalue weighted by molar-refractivity contribution is -0.133. The van der Waals surface area contributed by atoms with Crippen LogP contribution in [0.5, 0.6) is 0 Å². The first-order valence-corrected chi connectivity index (χ1v) is 11.0. The molecular weight excluding hydrogens is 336 g/mol. The van der Waals surface area contributed by atoms with Gasteiger partial charge in [-0.05, 0) is 44.2 Å². The van der Waals surface area contributed by atoms with Gasteiger partial charge in [0, 0.05) is 19.1 Å². The average Bonchev–Trinajstić information content (AvgIpc) is 2.96. The molecule has 0 N–H and O–H groups in total. The van der Waals surface area contributed by atoms with Crippen molar-refractivity contribution in [2.45, 2.75) is 31.7 Å². The van der Waals surface area contributed by atoms with Crippen molar-refractivity contribution in [1.82, 2.24) is 9.80 Å². The minimum atomic E-state index is -2.90. The number of likely N-dealkylation sites (tertiary alicyclic amines) is 1. The number of piperidine rings is 1. The summed E-state index contributed by atoms with van der Waals surface area (Å²) in [7, 11) is -1.04. The fourth-order valence-electron chi connectivity index (χ4n) is 3.90. The van der Waals surface area contributed by atoms with Gasteiger partial charge in [0.15, 0.2) is 9.84 Å². The highest BCUT2D eigenvalue weighted by Crippen LogP contribution is 2.22. The predicted molar refractivity (Wildman–Crippen MR) is 99.1 cm³/mol. The summed E-state index contributed by atoms with van der Waals surface area (Å²) >= 11 is 0. The van der Waals surface area contributed by atoms with Gasteiger partial charge >= 0.3 is 0 Å².